The Bertz CT molecular complexity index is 424. The molecule has 0 aliphatic heterocycles. The zero-order valence-corrected chi connectivity index (χ0v) is 10.9. The van der Waals surface area contributed by atoms with Crippen LogP contribution in [0.4, 0.5) is 5.82 Å². The first-order chi connectivity index (χ1) is 7.85. The summed E-state index contributed by atoms with van der Waals surface area (Å²) in [6.07, 6.45) is 3.28. The molecule has 0 atom stereocenters. The van der Waals surface area contributed by atoms with Gasteiger partial charge in [0.1, 0.15) is 0 Å². The molecular weight excluding hydrogens is 218 g/mol. The van der Waals surface area contributed by atoms with Crippen LogP contribution in [0.1, 0.15) is 27.7 Å². The summed E-state index contributed by atoms with van der Waals surface area (Å²) in [7, 11) is 0. The molecule has 1 rings (SSSR count). The SMILES string of the molecule is CC(C)Cn1ccnc(NC(C)(C)CO)c1=O. The van der Waals surface area contributed by atoms with Crippen LogP contribution in [0.5, 0.6) is 0 Å². The highest BCUT2D eigenvalue weighted by atomic mass is 16.3. The summed E-state index contributed by atoms with van der Waals surface area (Å²) in [5.74, 6) is 0.681. The van der Waals surface area contributed by atoms with Crippen molar-refractivity contribution in [2.24, 2.45) is 5.92 Å². The summed E-state index contributed by atoms with van der Waals surface area (Å²) in [5.41, 5.74) is -0.703. The third kappa shape index (κ3) is 3.85. The molecule has 17 heavy (non-hydrogen) atoms. The number of aromatic nitrogens is 2. The molecule has 0 radical (unpaired) electrons. The Kier molecular flexibility index (Phi) is 4.28. The largest absolute Gasteiger partial charge is 0.394 e. The van der Waals surface area contributed by atoms with Gasteiger partial charge in [-0.2, -0.15) is 0 Å². The van der Waals surface area contributed by atoms with E-state index in [9.17, 15) is 4.79 Å². The zero-order valence-electron chi connectivity index (χ0n) is 10.9. The fraction of sp³-hybridized carbons (Fsp3) is 0.667. The van der Waals surface area contributed by atoms with Gasteiger partial charge in [0.25, 0.3) is 5.56 Å². The lowest BCUT2D eigenvalue weighted by Gasteiger charge is -2.24. The Morgan fingerprint density at radius 2 is 2.18 bits per heavy atom. The number of hydrogen-bond donors (Lipinski definition) is 2. The first-order valence-electron chi connectivity index (χ1n) is 5.80. The molecule has 5 heteroatoms. The number of nitrogens with zero attached hydrogens (tertiary/aromatic N) is 2. The van der Waals surface area contributed by atoms with Gasteiger partial charge in [-0.15, -0.1) is 0 Å². The van der Waals surface area contributed by atoms with Crippen molar-refractivity contribution in [2.45, 2.75) is 39.8 Å². The molecule has 1 aromatic heterocycles. The van der Waals surface area contributed by atoms with E-state index < -0.39 is 5.54 Å². The van der Waals surface area contributed by atoms with Gasteiger partial charge in [-0.3, -0.25) is 4.79 Å². The van der Waals surface area contributed by atoms with Gasteiger partial charge in [0, 0.05) is 18.9 Å². The van der Waals surface area contributed by atoms with Gasteiger partial charge in [-0.1, -0.05) is 13.8 Å². The first kappa shape index (κ1) is 13.7. The van der Waals surface area contributed by atoms with Crippen molar-refractivity contribution < 1.29 is 5.11 Å². The Hall–Kier alpha value is -1.36. The summed E-state index contributed by atoms with van der Waals surface area (Å²) >= 11 is 0. The maximum absolute atomic E-state index is 12.1. The van der Waals surface area contributed by atoms with E-state index in [0.717, 1.165) is 0 Å². The lowest BCUT2D eigenvalue weighted by atomic mass is 10.1. The van der Waals surface area contributed by atoms with E-state index in [4.69, 9.17) is 5.11 Å². The third-order valence-corrected chi connectivity index (χ3v) is 2.33. The van der Waals surface area contributed by atoms with Crippen molar-refractivity contribution in [1.29, 1.82) is 0 Å². The topological polar surface area (TPSA) is 67.2 Å². The molecule has 2 N–H and O–H groups in total. The average molecular weight is 239 g/mol. The van der Waals surface area contributed by atoms with E-state index in [2.05, 4.69) is 24.1 Å². The maximum atomic E-state index is 12.1. The van der Waals surface area contributed by atoms with Crippen molar-refractivity contribution in [3.63, 3.8) is 0 Å². The van der Waals surface area contributed by atoms with Gasteiger partial charge in [-0.25, -0.2) is 4.98 Å². The number of rotatable bonds is 5. The van der Waals surface area contributed by atoms with Crippen molar-refractivity contribution in [1.82, 2.24) is 9.55 Å². The molecule has 0 unspecified atom stereocenters. The molecule has 0 aliphatic carbocycles. The fourth-order valence-corrected chi connectivity index (χ4v) is 1.43. The number of anilines is 1. The molecule has 0 bridgehead atoms. The third-order valence-electron chi connectivity index (χ3n) is 2.33. The highest BCUT2D eigenvalue weighted by molar-refractivity contribution is 5.34. The molecule has 5 nitrogen and oxygen atoms in total. The molecule has 0 saturated heterocycles. The molecule has 1 aromatic rings. The Morgan fingerprint density at radius 1 is 1.53 bits per heavy atom. The maximum Gasteiger partial charge on any atom is 0.293 e. The van der Waals surface area contributed by atoms with Gasteiger partial charge in [-0.05, 0) is 19.8 Å². The molecule has 0 aromatic carbocycles. The number of aliphatic hydroxyl groups excluding tert-OH is 1. The summed E-state index contributed by atoms with van der Waals surface area (Å²) < 4.78 is 1.63. The van der Waals surface area contributed by atoms with E-state index in [1.165, 1.54) is 0 Å². The van der Waals surface area contributed by atoms with Crippen LogP contribution in [0.25, 0.3) is 0 Å². The van der Waals surface area contributed by atoms with Crippen LogP contribution in [0.2, 0.25) is 0 Å². The van der Waals surface area contributed by atoms with Crippen LogP contribution in [0, 0.1) is 5.92 Å². The molecule has 1 heterocycles. The summed E-state index contributed by atoms with van der Waals surface area (Å²) in [5, 5.41) is 12.1. The van der Waals surface area contributed by atoms with Gasteiger partial charge in [0.15, 0.2) is 5.82 Å². The molecule has 0 saturated carbocycles. The number of aliphatic hydroxyl groups is 1. The Morgan fingerprint density at radius 3 is 2.71 bits per heavy atom. The Labute approximate surface area is 102 Å². The molecular formula is C12H21N3O2. The van der Waals surface area contributed by atoms with Crippen LogP contribution in [-0.4, -0.2) is 26.8 Å². The lowest BCUT2D eigenvalue weighted by molar-refractivity contribution is 0.233. The second-order valence-corrected chi connectivity index (χ2v) is 5.29. The van der Waals surface area contributed by atoms with Crippen molar-refractivity contribution in [3.05, 3.63) is 22.7 Å². The predicted octanol–water partition coefficient (Wildman–Crippen LogP) is 1.08. The van der Waals surface area contributed by atoms with E-state index in [-0.39, 0.29) is 18.0 Å². The zero-order chi connectivity index (χ0) is 13.1. The Balaban J connectivity index is 2.99. The van der Waals surface area contributed by atoms with Crippen LogP contribution in [0.3, 0.4) is 0 Å². The molecule has 0 amide bonds. The van der Waals surface area contributed by atoms with Crippen molar-refractivity contribution in [2.75, 3.05) is 11.9 Å². The van der Waals surface area contributed by atoms with E-state index in [1.807, 2.05) is 13.8 Å². The summed E-state index contributed by atoms with van der Waals surface area (Å²) in [6, 6.07) is 0. The second kappa shape index (κ2) is 5.31. The van der Waals surface area contributed by atoms with Gasteiger partial charge < -0.3 is 15.0 Å². The monoisotopic (exact) mass is 239 g/mol. The van der Waals surface area contributed by atoms with Crippen LogP contribution < -0.4 is 10.9 Å². The fourth-order valence-electron chi connectivity index (χ4n) is 1.43. The van der Waals surface area contributed by atoms with Crippen LogP contribution in [0.15, 0.2) is 17.2 Å². The summed E-state index contributed by atoms with van der Waals surface area (Å²) in [6.45, 7) is 8.33. The predicted molar refractivity (Wildman–Crippen MR) is 68.1 cm³/mol. The van der Waals surface area contributed by atoms with Gasteiger partial charge >= 0.3 is 0 Å². The van der Waals surface area contributed by atoms with Crippen LogP contribution in [-0.2, 0) is 6.54 Å². The highest BCUT2D eigenvalue weighted by Crippen LogP contribution is 2.08. The minimum Gasteiger partial charge on any atom is -0.394 e. The van der Waals surface area contributed by atoms with Crippen LogP contribution >= 0.6 is 0 Å². The van der Waals surface area contributed by atoms with Gasteiger partial charge in [0.05, 0.1) is 12.1 Å². The minimum atomic E-state index is -0.552. The number of nitrogens with one attached hydrogen (secondary N) is 1. The highest BCUT2D eigenvalue weighted by Gasteiger charge is 2.18. The molecule has 0 aliphatic rings. The van der Waals surface area contributed by atoms with E-state index in [1.54, 1.807) is 17.0 Å². The van der Waals surface area contributed by atoms with E-state index in [0.29, 0.717) is 12.5 Å². The smallest absolute Gasteiger partial charge is 0.293 e. The number of hydrogen-bond acceptors (Lipinski definition) is 4. The normalized spacial score (nSPS) is 11.9. The summed E-state index contributed by atoms with van der Waals surface area (Å²) in [4.78, 5) is 16.1. The quantitative estimate of drug-likeness (QED) is 0.807. The van der Waals surface area contributed by atoms with Gasteiger partial charge in [0.2, 0.25) is 0 Å². The molecule has 0 fully saturated rings. The van der Waals surface area contributed by atoms with Crippen molar-refractivity contribution >= 4 is 5.82 Å². The van der Waals surface area contributed by atoms with Crippen molar-refractivity contribution in [3.8, 4) is 0 Å². The minimum absolute atomic E-state index is 0.0623. The standard InChI is InChI=1S/C12H21N3O2/c1-9(2)7-15-6-5-13-10(11(15)17)14-12(3,4)8-16/h5-6,9,16H,7-8H2,1-4H3,(H,13,14). The molecule has 96 valence electrons. The van der Waals surface area contributed by atoms with E-state index >= 15 is 0 Å². The first-order valence-corrected chi connectivity index (χ1v) is 5.80. The molecule has 0 spiro atoms. The second-order valence-electron chi connectivity index (χ2n) is 5.29. The average Bonchev–Trinajstić information content (AvgIpc) is 2.23. The lowest BCUT2D eigenvalue weighted by Crippen LogP contribution is -2.39.